The van der Waals surface area contributed by atoms with Gasteiger partial charge in [0.1, 0.15) is 0 Å². The number of carbonyl (C=O) groups excluding carboxylic acids is 2. The van der Waals surface area contributed by atoms with Crippen LogP contribution in [0.4, 0.5) is 4.79 Å². The monoisotopic (exact) mass is 323 g/mol. The van der Waals surface area contributed by atoms with Crippen LogP contribution in [-0.4, -0.2) is 85.2 Å². The number of ether oxygens (including phenoxy) is 1. The molecule has 1 N–H and O–H groups in total. The van der Waals surface area contributed by atoms with Crippen molar-refractivity contribution in [3.63, 3.8) is 0 Å². The number of hydrogen-bond acceptors (Lipinski definition) is 6. The average molecular weight is 323 g/mol. The van der Waals surface area contributed by atoms with Crippen LogP contribution >= 0.6 is 0 Å². The number of amides is 3. The zero-order valence-electron chi connectivity index (χ0n) is 13.8. The molecule has 3 heterocycles. The Labute approximate surface area is 136 Å². The van der Waals surface area contributed by atoms with Crippen molar-refractivity contribution in [3.05, 3.63) is 0 Å². The molecule has 0 saturated carbocycles. The number of likely N-dealkylation sites (N-methyl/N-ethyl adjacent to an activating group) is 1. The van der Waals surface area contributed by atoms with Crippen molar-refractivity contribution in [3.8, 4) is 0 Å². The lowest BCUT2D eigenvalue weighted by Gasteiger charge is -2.37. The summed E-state index contributed by atoms with van der Waals surface area (Å²) < 4.78 is 5.20. The van der Waals surface area contributed by atoms with E-state index in [4.69, 9.17) is 9.73 Å². The lowest BCUT2D eigenvalue weighted by Crippen LogP contribution is -2.64. The van der Waals surface area contributed by atoms with Gasteiger partial charge in [-0.25, -0.2) is 9.79 Å². The Balaban J connectivity index is 1.87. The van der Waals surface area contributed by atoms with Crippen molar-refractivity contribution < 1.29 is 14.3 Å². The molecule has 0 aromatic carbocycles. The van der Waals surface area contributed by atoms with E-state index in [0.29, 0.717) is 13.2 Å². The Morgan fingerprint density at radius 1 is 1.22 bits per heavy atom. The van der Waals surface area contributed by atoms with Crippen LogP contribution in [0.25, 0.3) is 0 Å². The van der Waals surface area contributed by atoms with E-state index in [1.54, 1.807) is 14.2 Å². The van der Waals surface area contributed by atoms with Gasteiger partial charge in [-0.1, -0.05) is 12.8 Å². The number of carbonyl (C=O) groups is 2. The summed E-state index contributed by atoms with van der Waals surface area (Å²) in [6.45, 7) is 2.99. The van der Waals surface area contributed by atoms with Gasteiger partial charge in [0.05, 0.1) is 6.61 Å². The number of likely N-dealkylation sites (tertiary alicyclic amines) is 1. The number of fused-ring (bicyclic) bond motifs is 1. The fraction of sp³-hybridized carbons (Fsp3) is 0.800. The summed E-state index contributed by atoms with van der Waals surface area (Å²) in [6.07, 6.45) is 4.27. The minimum atomic E-state index is -0.467. The van der Waals surface area contributed by atoms with Gasteiger partial charge in [-0.2, -0.15) is 0 Å². The average Bonchev–Trinajstić information content (AvgIpc) is 2.71. The SMILES string of the molecule is COCCN1C(N2CCCCCC2)=NC2C1C(=O)NC(=O)N2C. The molecular formula is C15H25N5O3. The fourth-order valence-electron chi connectivity index (χ4n) is 3.47. The summed E-state index contributed by atoms with van der Waals surface area (Å²) in [5.41, 5.74) is 0. The second-order valence-electron chi connectivity index (χ2n) is 6.28. The van der Waals surface area contributed by atoms with E-state index in [1.807, 2.05) is 4.90 Å². The number of urea groups is 1. The van der Waals surface area contributed by atoms with Crippen molar-refractivity contribution in [2.75, 3.05) is 40.4 Å². The minimum Gasteiger partial charge on any atom is -0.383 e. The molecule has 0 aromatic rings. The highest BCUT2D eigenvalue weighted by atomic mass is 16.5. The molecule has 23 heavy (non-hydrogen) atoms. The summed E-state index contributed by atoms with van der Waals surface area (Å²) in [6, 6.07) is -0.852. The number of nitrogens with one attached hydrogen (secondary N) is 1. The predicted molar refractivity (Wildman–Crippen MR) is 84.9 cm³/mol. The summed E-state index contributed by atoms with van der Waals surface area (Å²) in [5, 5.41) is 2.42. The smallest absolute Gasteiger partial charge is 0.325 e. The molecule has 2 saturated heterocycles. The van der Waals surface area contributed by atoms with Gasteiger partial charge in [-0.15, -0.1) is 0 Å². The first-order valence-corrected chi connectivity index (χ1v) is 8.29. The van der Waals surface area contributed by atoms with E-state index in [1.165, 1.54) is 17.7 Å². The molecule has 3 aliphatic heterocycles. The van der Waals surface area contributed by atoms with Crippen LogP contribution in [-0.2, 0) is 9.53 Å². The lowest BCUT2D eigenvalue weighted by molar-refractivity contribution is -0.127. The van der Waals surface area contributed by atoms with Crippen LogP contribution in [0.2, 0.25) is 0 Å². The van der Waals surface area contributed by atoms with E-state index in [2.05, 4.69) is 10.2 Å². The highest BCUT2D eigenvalue weighted by Gasteiger charge is 2.49. The third-order valence-electron chi connectivity index (χ3n) is 4.76. The van der Waals surface area contributed by atoms with Gasteiger partial charge in [0.25, 0.3) is 5.91 Å². The van der Waals surface area contributed by atoms with Crippen molar-refractivity contribution in [1.29, 1.82) is 0 Å². The molecule has 128 valence electrons. The maximum absolute atomic E-state index is 12.4. The van der Waals surface area contributed by atoms with Crippen molar-refractivity contribution in [2.24, 2.45) is 4.99 Å². The van der Waals surface area contributed by atoms with Crippen LogP contribution < -0.4 is 5.32 Å². The van der Waals surface area contributed by atoms with Crippen molar-refractivity contribution in [2.45, 2.75) is 37.9 Å². The van der Waals surface area contributed by atoms with E-state index in [9.17, 15) is 9.59 Å². The molecule has 2 atom stereocenters. The molecular weight excluding hydrogens is 298 g/mol. The largest absolute Gasteiger partial charge is 0.383 e. The summed E-state index contributed by atoms with van der Waals surface area (Å²) in [4.78, 5) is 34.8. The summed E-state index contributed by atoms with van der Waals surface area (Å²) in [7, 11) is 3.33. The minimum absolute atomic E-state index is 0.275. The number of guanidine groups is 1. The first-order chi connectivity index (χ1) is 11.1. The van der Waals surface area contributed by atoms with Gasteiger partial charge in [0.2, 0.25) is 0 Å². The quantitative estimate of drug-likeness (QED) is 0.794. The van der Waals surface area contributed by atoms with Crippen molar-refractivity contribution in [1.82, 2.24) is 20.0 Å². The molecule has 0 spiro atoms. The molecule has 3 rings (SSSR count). The Bertz CT molecular complexity index is 501. The standard InChI is InChI=1S/C15H25N5O3/c1-18-12-11(13(21)17-15(18)22)20(9-10-23-2)14(16-12)19-7-5-3-4-6-8-19/h11-12H,3-10H2,1-2H3,(H,17,21,22). The van der Waals surface area contributed by atoms with Gasteiger partial charge in [-0.3, -0.25) is 10.1 Å². The van der Waals surface area contributed by atoms with Crippen molar-refractivity contribution >= 4 is 17.9 Å². The fourth-order valence-corrected chi connectivity index (χ4v) is 3.47. The molecule has 0 radical (unpaired) electrons. The number of rotatable bonds is 3. The van der Waals surface area contributed by atoms with Crippen LogP contribution in [0.1, 0.15) is 25.7 Å². The topological polar surface area (TPSA) is 77.5 Å². The zero-order chi connectivity index (χ0) is 16.4. The number of aliphatic imine (C=N–C) groups is 1. The van der Waals surface area contributed by atoms with E-state index in [-0.39, 0.29) is 11.9 Å². The Hall–Kier alpha value is -1.83. The zero-order valence-corrected chi connectivity index (χ0v) is 13.8. The Kier molecular flexibility index (Phi) is 4.70. The van der Waals surface area contributed by atoms with Gasteiger partial charge < -0.3 is 19.4 Å². The Morgan fingerprint density at radius 2 is 1.91 bits per heavy atom. The second-order valence-corrected chi connectivity index (χ2v) is 6.28. The van der Waals surface area contributed by atoms with E-state index < -0.39 is 12.2 Å². The van der Waals surface area contributed by atoms with Gasteiger partial charge in [-0.05, 0) is 12.8 Å². The third kappa shape index (κ3) is 2.99. The first-order valence-electron chi connectivity index (χ1n) is 8.29. The summed E-state index contributed by atoms with van der Waals surface area (Å²) >= 11 is 0. The number of methoxy groups -OCH3 is 1. The molecule has 2 fully saturated rings. The van der Waals surface area contributed by atoms with E-state index >= 15 is 0 Å². The summed E-state index contributed by atoms with van der Waals surface area (Å²) in [5.74, 6) is 0.554. The Morgan fingerprint density at radius 3 is 2.57 bits per heavy atom. The first kappa shape index (κ1) is 16.0. The third-order valence-corrected chi connectivity index (χ3v) is 4.76. The van der Waals surface area contributed by atoms with E-state index in [0.717, 1.165) is 31.9 Å². The number of nitrogens with zero attached hydrogens (tertiary/aromatic N) is 4. The highest BCUT2D eigenvalue weighted by molar-refractivity contribution is 6.03. The maximum atomic E-state index is 12.4. The molecule has 3 amide bonds. The van der Waals surface area contributed by atoms with Crippen LogP contribution in [0.3, 0.4) is 0 Å². The molecule has 3 aliphatic rings. The van der Waals surface area contributed by atoms with Crippen LogP contribution in [0.5, 0.6) is 0 Å². The normalized spacial score (nSPS) is 28.4. The molecule has 8 heteroatoms. The molecule has 2 unspecified atom stereocenters. The molecule has 0 bridgehead atoms. The molecule has 0 aliphatic carbocycles. The second kappa shape index (κ2) is 6.74. The molecule has 8 nitrogen and oxygen atoms in total. The van der Waals surface area contributed by atoms with Gasteiger partial charge >= 0.3 is 6.03 Å². The van der Waals surface area contributed by atoms with Gasteiger partial charge in [0.15, 0.2) is 18.2 Å². The lowest BCUT2D eigenvalue weighted by atomic mass is 10.1. The molecule has 0 aromatic heterocycles. The predicted octanol–water partition coefficient (Wildman–Crippen LogP) is 0.0567. The number of hydrogen-bond donors (Lipinski definition) is 1. The van der Waals surface area contributed by atoms with Crippen LogP contribution in [0, 0.1) is 0 Å². The highest BCUT2D eigenvalue weighted by Crippen LogP contribution is 2.26. The van der Waals surface area contributed by atoms with Crippen LogP contribution in [0.15, 0.2) is 4.99 Å². The maximum Gasteiger partial charge on any atom is 0.325 e. The number of imide groups is 1. The van der Waals surface area contributed by atoms with Gasteiger partial charge in [0, 0.05) is 33.8 Å².